The van der Waals surface area contributed by atoms with Crippen molar-refractivity contribution >= 4 is 14.3 Å². The molecule has 0 aliphatic carbocycles. The fourth-order valence-electron chi connectivity index (χ4n) is 7.26. The number of carbonyl (C=O) groups excluding carboxylic acids is 1. The highest BCUT2D eigenvalue weighted by molar-refractivity contribution is 6.75. The average Bonchev–Trinajstić information content (AvgIpc) is 3.04. The van der Waals surface area contributed by atoms with Crippen LogP contribution in [0.1, 0.15) is 240 Å². The molecule has 0 unspecified atom stereocenters. The maximum absolute atomic E-state index is 12.7. The average molecular weight is 663 g/mol. The van der Waals surface area contributed by atoms with Gasteiger partial charge in [-0.1, -0.05) is 239 Å². The maximum atomic E-state index is 12.7. The van der Waals surface area contributed by atoms with Gasteiger partial charge in [0.05, 0.1) is 0 Å². The molecule has 3 heteroatoms. The summed E-state index contributed by atoms with van der Waals surface area (Å²) in [6.45, 7) is 12.6. The van der Waals surface area contributed by atoms with Gasteiger partial charge in [0.2, 0.25) is 0 Å². The molecule has 0 aliphatic heterocycles. The fourth-order valence-corrected chi connectivity index (χ4v) is 11.6. The van der Waals surface area contributed by atoms with Gasteiger partial charge in [0.1, 0.15) is 0 Å². The van der Waals surface area contributed by atoms with Gasteiger partial charge in [0.25, 0.3) is 8.32 Å². The summed E-state index contributed by atoms with van der Waals surface area (Å²) in [6.07, 6.45) is 46.0. The number of unbranched alkanes of at least 4 members (excludes halogenated alkanes) is 30. The molecule has 0 aromatic heterocycles. The Bertz CT molecular complexity index is 609. The van der Waals surface area contributed by atoms with Gasteiger partial charge in [-0.2, -0.15) is 0 Å². The monoisotopic (exact) mass is 663 g/mol. The van der Waals surface area contributed by atoms with Crippen molar-refractivity contribution in [2.24, 2.45) is 0 Å². The van der Waals surface area contributed by atoms with Gasteiger partial charge < -0.3 is 4.43 Å². The predicted molar refractivity (Wildman–Crippen MR) is 210 cm³/mol. The lowest BCUT2D eigenvalue weighted by Gasteiger charge is -2.31. The maximum Gasteiger partial charge on any atom is 0.319 e. The van der Waals surface area contributed by atoms with Gasteiger partial charge in [-0.15, -0.1) is 0 Å². The van der Waals surface area contributed by atoms with Gasteiger partial charge in [-0.05, 0) is 25.1 Å². The van der Waals surface area contributed by atoms with Gasteiger partial charge >= 0.3 is 5.97 Å². The first-order valence-electron chi connectivity index (χ1n) is 21.4. The summed E-state index contributed by atoms with van der Waals surface area (Å²) in [4.78, 5) is 12.7. The standard InChI is InChI=1S/C43H86O2Si/c1-6-9-11-13-15-17-19-21-23-25-27-29-31-33-35-37-40-46(39-8-3,45-43(44)42(4)5)41-38-36-34-32-30-28-26-24-22-20-18-16-14-12-10-7-2/h4,6-41H2,1-3,5H3. The van der Waals surface area contributed by atoms with E-state index in [-0.39, 0.29) is 5.97 Å². The number of rotatable bonds is 38. The third-order valence-corrected chi connectivity index (χ3v) is 14.9. The molecule has 0 rings (SSSR count). The highest BCUT2D eigenvalue weighted by atomic mass is 28.4. The number of hydrogen-bond donors (Lipinski definition) is 0. The van der Waals surface area contributed by atoms with Gasteiger partial charge in [-0.3, -0.25) is 0 Å². The Morgan fingerprint density at radius 1 is 0.391 bits per heavy atom. The highest BCUT2D eigenvalue weighted by Crippen LogP contribution is 2.31. The molecule has 0 saturated carbocycles. The van der Waals surface area contributed by atoms with Gasteiger partial charge in [0.15, 0.2) is 0 Å². The molecule has 0 amide bonds. The van der Waals surface area contributed by atoms with E-state index in [0.29, 0.717) is 5.57 Å². The zero-order chi connectivity index (χ0) is 33.8. The van der Waals surface area contributed by atoms with Crippen LogP contribution in [0, 0.1) is 0 Å². The summed E-state index contributed by atoms with van der Waals surface area (Å²) in [5.41, 5.74) is 0.576. The minimum absolute atomic E-state index is 0.117. The van der Waals surface area contributed by atoms with Crippen molar-refractivity contribution in [1.29, 1.82) is 0 Å². The van der Waals surface area contributed by atoms with Gasteiger partial charge in [0, 0.05) is 5.57 Å². The van der Waals surface area contributed by atoms with Crippen molar-refractivity contribution in [2.45, 2.75) is 258 Å². The van der Waals surface area contributed by atoms with E-state index in [9.17, 15) is 4.79 Å². The van der Waals surface area contributed by atoms with Crippen LogP contribution in [0.15, 0.2) is 12.2 Å². The van der Waals surface area contributed by atoms with Crippen molar-refractivity contribution in [1.82, 2.24) is 0 Å². The van der Waals surface area contributed by atoms with Crippen LogP contribution in [-0.2, 0) is 9.22 Å². The summed E-state index contributed by atoms with van der Waals surface area (Å²) in [5, 5.41) is 0. The molecule has 0 N–H and O–H groups in total. The van der Waals surface area contributed by atoms with Crippen LogP contribution in [0.4, 0.5) is 0 Å². The van der Waals surface area contributed by atoms with Crippen LogP contribution in [0.3, 0.4) is 0 Å². The van der Waals surface area contributed by atoms with E-state index >= 15 is 0 Å². The zero-order valence-corrected chi connectivity index (χ0v) is 33.5. The lowest BCUT2D eigenvalue weighted by Crippen LogP contribution is -2.40. The van der Waals surface area contributed by atoms with Crippen LogP contribution >= 0.6 is 0 Å². The molecule has 0 saturated heterocycles. The topological polar surface area (TPSA) is 26.3 Å². The van der Waals surface area contributed by atoms with E-state index in [4.69, 9.17) is 4.43 Å². The summed E-state index contributed by atoms with van der Waals surface area (Å²) >= 11 is 0. The van der Waals surface area contributed by atoms with Gasteiger partial charge in [-0.25, -0.2) is 4.79 Å². The molecule has 0 aromatic rings. The Labute approximate surface area is 292 Å². The van der Waals surface area contributed by atoms with Crippen molar-refractivity contribution in [3.63, 3.8) is 0 Å². The van der Waals surface area contributed by atoms with Crippen LogP contribution in [0.2, 0.25) is 18.1 Å². The molecule has 0 aliphatic rings. The van der Waals surface area contributed by atoms with E-state index in [0.717, 1.165) is 24.6 Å². The molecular weight excluding hydrogens is 577 g/mol. The van der Waals surface area contributed by atoms with E-state index in [1.165, 1.54) is 205 Å². The summed E-state index contributed by atoms with van der Waals surface area (Å²) in [6, 6.07) is 3.46. The molecule has 0 spiro atoms. The quantitative estimate of drug-likeness (QED) is 0.0373. The highest BCUT2D eigenvalue weighted by Gasteiger charge is 2.36. The molecule has 2 nitrogen and oxygen atoms in total. The van der Waals surface area contributed by atoms with Crippen LogP contribution < -0.4 is 0 Å². The minimum Gasteiger partial charge on any atom is -0.516 e. The second-order valence-electron chi connectivity index (χ2n) is 15.2. The lowest BCUT2D eigenvalue weighted by molar-refractivity contribution is -0.131. The first-order valence-corrected chi connectivity index (χ1v) is 23.9. The predicted octanol–water partition coefficient (Wildman–Crippen LogP) is 16.0. The molecular formula is C43H86O2Si. The molecule has 0 radical (unpaired) electrons. The summed E-state index contributed by atoms with van der Waals surface area (Å²) in [5.74, 6) is -0.117. The number of hydrogen-bond acceptors (Lipinski definition) is 2. The molecule has 0 aromatic carbocycles. The van der Waals surface area contributed by atoms with Crippen molar-refractivity contribution in [3.05, 3.63) is 12.2 Å². The molecule has 0 atom stereocenters. The van der Waals surface area contributed by atoms with Crippen LogP contribution in [0.5, 0.6) is 0 Å². The third kappa shape index (κ3) is 30.7. The Kier molecular flexibility index (Phi) is 35.3. The largest absolute Gasteiger partial charge is 0.516 e. The van der Waals surface area contributed by atoms with Crippen LogP contribution in [0.25, 0.3) is 0 Å². The fraction of sp³-hybridized carbons (Fsp3) is 0.930. The Balaban J connectivity index is 4.05. The molecule has 0 fully saturated rings. The first-order chi connectivity index (χ1) is 22.5. The Hall–Kier alpha value is -0.573. The second-order valence-corrected chi connectivity index (χ2v) is 19.3. The van der Waals surface area contributed by atoms with E-state index < -0.39 is 8.32 Å². The first kappa shape index (κ1) is 45.4. The smallest absolute Gasteiger partial charge is 0.319 e. The molecule has 46 heavy (non-hydrogen) atoms. The lowest BCUT2D eigenvalue weighted by atomic mass is 10.0. The molecule has 0 bridgehead atoms. The molecule has 0 heterocycles. The summed E-state index contributed by atoms with van der Waals surface area (Å²) < 4.78 is 6.39. The number of carbonyl (C=O) groups is 1. The SMILES string of the molecule is C=C(C)C(=O)O[Si](CCC)(CCCCCCCCCCCCCCCCCC)CCCCCCCCCCCCCCCCCC. The normalized spacial score (nSPS) is 11.7. The zero-order valence-electron chi connectivity index (χ0n) is 32.5. The van der Waals surface area contributed by atoms with Crippen molar-refractivity contribution in [2.75, 3.05) is 0 Å². The molecule has 274 valence electrons. The van der Waals surface area contributed by atoms with E-state index in [1.54, 1.807) is 0 Å². The van der Waals surface area contributed by atoms with Crippen molar-refractivity contribution in [3.8, 4) is 0 Å². The van der Waals surface area contributed by atoms with Crippen LogP contribution in [-0.4, -0.2) is 14.3 Å². The van der Waals surface area contributed by atoms with E-state index in [1.807, 2.05) is 6.92 Å². The second kappa shape index (κ2) is 35.7. The minimum atomic E-state index is -2.05. The summed E-state index contributed by atoms with van der Waals surface area (Å²) in [7, 11) is -2.05. The van der Waals surface area contributed by atoms with Crippen molar-refractivity contribution < 1.29 is 9.22 Å². The van der Waals surface area contributed by atoms with E-state index in [2.05, 4.69) is 27.4 Å². The Morgan fingerprint density at radius 2 is 0.630 bits per heavy atom. The third-order valence-electron chi connectivity index (χ3n) is 10.3. The Morgan fingerprint density at radius 3 is 0.848 bits per heavy atom.